The minimum absolute atomic E-state index is 0. The molecule has 2 aromatic rings. The first-order valence-corrected chi connectivity index (χ1v) is 9.51. The summed E-state index contributed by atoms with van der Waals surface area (Å²) in [5, 5.41) is 2.42. The van der Waals surface area contributed by atoms with Crippen molar-refractivity contribution in [3.05, 3.63) is 101 Å². The van der Waals surface area contributed by atoms with Crippen molar-refractivity contribution in [3.63, 3.8) is 0 Å². The van der Waals surface area contributed by atoms with E-state index in [1.807, 2.05) is 13.0 Å². The Labute approximate surface area is 170 Å². The monoisotopic (exact) mass is 368 g/mol. The van der Waals surface area contributed by atoms with E-state index >= 15 is 0 Å². The van der Waals surface area contributed by atoms with Crippen LogP contribution in [0.1, 0.15) is 46.2 Å². The van der Waals surface area contributed by atoms with E-state index in [1.165, 1.54) is 38.3 Å². The number of allylic oxidation sites excluding steroid dienone is 6. The van der Waals surface area contributed by atoms with Crippen molar-refractivity contribution in [2.45, 2.75) is 40.5 Å². The molecule has 0 aromatic heterocycles. The summed E-state index contributed by atoms with van der Waals surface area (Å²) >= 11 is 0. The molecule has 3 rings (SSSR count). The van der Waals surface area contributed by atoms with Crippen molar-refractivity contribution in [2.75, 3.05) is 0 Å². The Bertz CT molecular complexity index is 1090. The van der Waals surface area contributed by atoms with Crippen LogP contribution in [0.3, 0.4) is 0 Å². The van der Waals surface area contributed by atoms with Crippen molar-refractivity contribution in [2.24, 2.45) is 0 Å². The summed E-state index contributed by atoms with van der Waals surface area (Å²) < 4.78 is 0. The van der Waals surface area contributed by atoms with Crippen LogP contribution < -0.4 is 10.4 Å². The largest absolute Gasteiger partial charge is 0.0990 e. The van der Waals surface area contributed by atoms with Gasteiger partial charge in [-0.05, 0) is 69.8 Å². The number of fused-ring (bicyclic) bond motifs is 1. The lowest BCUT2D eigenvalue weighted by molar-refractivity contribution is 0.661. The molecule has 0 N–H and O–H groups in total. The van der Waals surface area contributed by atoms with Gasteiger partial charge in [-0.15, -0.1) is 0 Å². The summed E-state index contributed by atoms with van der Waals surface area (Å²) in [5.41, 5.74) is 7.46. The normalized spacial score (nSPS) is 17.9. The smallest absolute Gasteiger partial charge is 0.0158 e. The van der Waals surface area contributed by atoms with Gasteiger partial charge in [0.2, 0.25) is 0 Å². The van der Waals surface area contributed by atoms with Gasteiger partial charge in [-0.1, -0.05) is 95.2 Å². The van der Waals surface area contributed by atoms with Crippen LogP contribution in [0.5, 0.6) is 0 Å². The van der Waals surface area contributed by atoms with Crippen molar-refractivity contribution in [1.29, 1.82) is 0 Å². The fourth-order valence-electron chi connectivity index (χ4n) is 3.96. The molecule has 2 aromatic carbocycles. The van der Waals surface area contributed by atoms with E-state index in [-0.39, 0.29) is 12.8 Å². The van der Waals surface area contributed by atoms with E-state index in [0.717, 1.165) is 5.57 Å². The molecule has 28 heavy (non-hydrogen) atoms. The molecule has 0 atom stereocenters. The third kappa shape index (κ3) is 3.60. The van der Waals surface area contributed by atoms with E-state index in [9.17, 15) is 0 Å². The van der Waals surface area contributed by atoms with Crippen molar-refractivity contribution < 1.29 is 0 Å². The Morgan fingerprint density at radius 2 is 1.57 bits per heavy atom. The summed E-state index contributed by atoms with van der Waals surface area (Å²) in [6.45, 7) is 16.9. The Morgan fingerprint density at radius 1 is 0.893 bits per heavy atom. The topological polar surface area (TPSA) is 0 Å². The molecule has 0 bridgehead atoms. The summed E-state index contributed by atoms with van der Waals surface area (Å²) in [7, 11) is 0. The zero-order valence-electron chi connectivity index (χ0n) is 16.8. The van der Waals surface area contributed by atoms with Gasteiger partial charge < -0.3 is 0 Å². The first-order valence-electron chi connectivity index (χ1n) is 9.51. The summed E-state index contributed by atoms with van der Waals surface area (Å²) in [6.07, 6.45) is 12.4. The van der Waals surface area contributed by atoms with Gasteiger partial charge in [-0.25, -0.2) is 0 Å². The van der Waals surface area contributed by atoms with Gasteiger partial charge in [0, 0.05) is 5.41 Å². The fraction of sp³-hybridized carbons (Fsp3) is 0.214. The van der Waals surface area contributed by atoms with E-state index in [4.69, 9.17) is 0 Å². The number of hydrogen-bond donors (Lipinski definition) is 0. The van der Waals surface area contributed by atoms with Crippen LogP contribution in [0, 0.1) is 0 Å². The van der Waals surface area contributed by atoms with Gasteiger partial charge in [0.15, 0.2) is 0 Å². The highest BCUT2D eigenvalue weighted by Crippen LogP contribution is 2.49. The highest BCUT2D eigenvalue weighted by Gasteiger charge is 2.36. The van der Waals surface area contributed by atoms with E-state index in [0.29, 0.717) is 0 Å². The number of rotatable bonds is 3. The molecule has 0 heteroatoms. The molecule has 0 fully saturated rings. The van der Waals surface area contributed by atoms with Crippen molar-refractivity contribution in [3.8, 4) is 11.1 Å². The first kappa shape index (κ1) is 21.4. The second-order valence-corrected chi connectivity index (χ2v) is 7.50. The molecule has 0 aliphatic heterocycles. The van der Waals surface area contributed by atoms with Crippen LogP contribution in [-0.4, -0.2) is 0 Å². The minimum Gasteiger partial charge on any atom is -0.0990 e. The lowest BCUT2D eigenvalue weighted by Gasteiger charge is -2.22. The highest BCUT2D eigenvalue weighted by molar-refractivity contribution is 5.90. The standard InChI is InChI=1S/C27H28.CH4/c1-7-10-12-25-19(4)24-16-15-23(18-26(24)27(25,5)6)22-14-13-20(9-3)21(17-22)11-8-2;/h7-18H,2,4H2,1,3,5-6H3;1H4/b10-7-,20-9-,21-11-,25-12+;. The van der Waals surface area contributed by atoms with Gasteiger partial charge in [0.1, 0.15) is 0 Å². The second-order valence-electron chi connectivity index (χ2n) is 7.50. The summed E-state index contributed by atoms with van der Waals surface area (Å²) in [6, 6.07) is 13.4. The number of hydrogen-bond acceptors (Lipinski definition) is 0. The molecule has 144 valence electrons. The molecule has 0 radical (unpaired) electrons. The van der Waals surface area contributed by atoms with Gasteiger partial charge in [-0.2, -0.15) is 0 Å². The van der Waals surface area contributed by atoms with Gasteiger partial charge in [0.05, 0.1) is 0 Å². The third-order valence-electron chi connectivity index (χ3n) is 5.50. The molecule has 0 amide bonds. The first-order chi connectivity index (χ1) is 12.9. The van der Waals surface area contributed by atoms with Crippen LogP contribution in [0.15, 0.2) is 79.4 Å². The maximum atomic E-state index is 4.37. The molecule has 0 saturated heterocycles. The van der Waals surface area contributed by atoms with Gasteiger partial charge in [0.25, 0.3) is 0 Å². The van der Waals surface area contributed by atoms with Crippen LogP contribution in [0.4, 0.5) is 0 Å². The molecule has 0 spiro atoms. The fourth-order valence-corrected chi connectivity index (χ4v) is 3.96. The molecule has 1 aliphatic rings. The Balaban J connectivity index is 0.00000280. The third-order valence-corrected chi connectivity index (χ3v) is 5.50. The quantitative estimate of drug-likeness (QED) is 0.575. The molecular formula is C28H32. The zero-order valence-corrected chi connectivity index (χ0v) is 16.8. The maximum Gasteiger partial charge on any atom is 0.0158 e. The average molecular weight is 369 g/mol. The summed E-state index contributed by atoms with van der Waals surface area (Å²) in [4.78, 5) is 0. The number of benzene rings is 2. The molecular weight excluding hydrogens is 336 g/mol. The molecule has 0 saturated carbocycles. The zero-order chi connectivity index (χ0) is 19.6. The van der Waals surface area contributed by atoms with Crippen LogP contribution >= 0.6 is 0 Å². The Morgan fingerprint density at radius 3 is 2.21 bits per heavy atom. The molecule has 0 heterocycles. The SMILES string of the molecule is C.C=C/C=c1/cc(-c2ccc3c(c2)C(C)(C)/C(=C/C=C\C)C3=C)cc/c1=C/C. The molecule has 0 nitrogen and oxygen atoms in total. The molecule has 1 aliphatic carbocycles. The predicted molar refractivity (Wildman–Crippen MR) is 128 cm³/mol. The maximum absolute atomic E-state index is 4.37. The lowest BCUT2D eigenvalue weighted by Crippen LogP contribution is -2.23. The van der Waals surface area contributed by atoms with Crippen molar-refractivity contribution >= 4 is 17.7 Å². The second kappa shape index (κ2) is 8.44. The van der Waals surface area contributed by atoms with Crippen LogP contribution in [0.2, 0.25) is 0 Å². The highest BCUT2D eigenvalue weighted by atomic mass is 14.4. The van der Waals surface area contributed by atoms with E-state index < -0.39 is 0 Å². The minimum atomic E-state index is -0.0465. The van der Waals surface area contributed by atoms with Crippen LogP contribution in [-0.2, 0) is 5.41 Å². The predicted octanol–water partition coefficient (Wildman–Crippen LogP) is 6.56. The lowest BCUT2D eigenvalue weighted by atomic mass is 9.81. The summed E-state index contributed by atoms with van der Waals surface area (Å²) in [5.74, 6) is 0. The Hall–Kier alpha value is -2.86. The van der Waals surface area contributed by atoms with E-state index in [2.05, 4.69) is 101 Å². The van der Waals surface area contributed by atoms with Gasteiger partial charge >= 0.3 is 0 Å². The average Bonchev–Trinajstić information content (AvgIpc) is 2.86. The van der Waals surface area contributed by atoms with Crippen LogP contribution in [0.25, 0.3) is 28.9 Å². The Kier molecular flexibility index (Phi) is 6.46. The van der Waals surface area contributed by atoms with Gasteiger partial charge in [-0.3, -0.25) is 0 Å². The molecule has 0 unspecified atom stereocenters. The van der Waals surface area contributed by atoms with E-state index in [1.54, 1.807) is 0 Å². The van der Waals surface area contributed by atoms with Crippen molar-refractivity contribution in [1.82, 2.24) is 0 Å².